The van der Waals surface area contributed by atoms with Gasteiger partial charge in [-0.25, -0.2) is 0 Å². The molecule has 0 aliphatic carbocycles. The number of nitrogens with one attached hydrogen (secondary N) is 3. The number of aromatic amines is 1. The molecule has 3 rings (SSSR count). The minimum atomic E-state index is -0.241. The minimum absolute atomic E-state index is 0.225. The predicted octanol–water partition coefficient (Wildman–Crippen LogP) is 3.87. The maximum atomic E-state index is 12.6. The molecule has 0 saturated heterocycles. The molecule has 25 heavy (non-hydrogen) atoms. The van der Waals surface area contributed by atoms with Crippen molar-refractivity contribution in [2.75, 3.05) is 11.9 Å². The molecule has 2 aromatic carbocycles. The molecule has 0 bridgehead atoms. The van der Waals surface area contributed by atoms with E-state index in [9.17, 15) is 9.59 Å². The predicted molar refractivity (Wildman–Crippen MR) is 100 cm³/mol. The Morgan fingerprint density at radius 2 is 1.72 bits per heavy atom. The first kappa shape index (κ1) is 16.8. The maximum Gasteiger partial charge on any atom is 0.269 e. The number of para-hydroxylation sites is 1. The Kier molecular flexibility index (Phi) is 4.84. The summed E-state index contributed by atoms with van der Waals surface area (Å²) in [7, 11) is 0. The number of carbonyl (C=O) groups excluding carboxylic acids is 2. The molecule has 0 unspecified atom stereocenters. The molecule has 5 heteroatoms. The van der Waals surface area contributed by atoms with E-state index < -0.39 is 0 Å². The highest BCUT2D eigenvalue weighted by atomic mass is 16.2. The van der Waals surface area contributed by atoms with Gasteiger partial charge in [-0.2, -0.15) is 0 Å². The van der Waals surface area contributed by atoms with Crippen molar-refractivity contribution in [2.45, 2.75) is 20.3 Å². The number of hydrogen-bond donors (Lipinski definition) is 3. The lowest BCUT2D eigenvalue weighted by Gasteiger charge is -2.08. The largest absolute Gasteiger partial charge is 0.351 e. The summed E-state index contributed by atoms with van der Waals surface area (Å²) < 4.78 is 0. The van der Waals surface area contributed by atoms with Crippen molar-refractivity contribution in [3.05, 3.63) is 65.4 Å². The van der Waals surface area contributed by atoms with Gasteiger partial charge in [0.15, 0.2) is 0 Å². The molecule has 1 heterocycles. The molecule has 0 aliphatic heterocycles. The molecule has 0 aliphatic rings. The SMILES string of the molecule is CCCNC(=O)c1[nH]c2ccccc2c1NC(=O)c1ccc(C)cc1. The van der Waals surface area contributed by atoms with E-state index in [1.165, 1.54) is 0 Å². The second kappa shape index (κ2) is 7.21. The number of anilines is 1. The maximum absolute atomic E-state index is 12.6. The Hall–Kier alpha value is -3.08. The topological polar surface area (TPSA) is 74.0 Å². The molecule has 0 atom stereocenters. The monoisotopic (exact) mass is 335 g/mol. The summed E-state index contributed by atoms with van der Waals surface area (Å²) in [6.45, 7) is 4.54. The van der Waals surface area contributed by atoms with E-state index in [2.05, 4.69) is 15.6 Å². The third kappa shape index (κ3) is 3.55. The molecule has 5 nitrogen and oxygen atoms in total. The average Bonchev–Trinajstić information content (AvgIpc) is 2.99. The molecule has 0 radical (unpaired) electrons. The summed E-state index contributed by atoms with van der Waals surface area (Å²) in [5.41, 5.74) is 3.33. The van der Waals surface area contributed by atoms with Crippen molar-refractivity contribution < 1.29 is 9.59 Å². The lowest BCUT2D eigenvalue weighted by atomic mass is 10.1. The van der Waals surface area contributed by atoms with E-state index in [1.54, 1.807) is 12.1 Å². The van der Waals surface area contributed by atoms with E-state index in [-0.39, 0.29) is 11.8 Å². The minimum Gasteiger partial charge on any atom is -0.351 e. The zero-order valence-corrected chi connectivity index (χ0v) is 14.3. The van der Waals surface area contributed by atoms with Crippen LogP contribution in [0.4, 0.5) is 5.69 Å². The van der Waals surface area contributed by atoms with Gasteiger partial charge in [-0.05, 0) is 31.5 Å². The summed E-state index contributed by atoms with van der Waals surface area (Å²) in [5, 5.41) is 6.55. The first-order valence-corrected chi connectivity index (χ1v) is 8.37. The number of fused-ring (bicyclic) bond motifs is 1. The van der Waals surface area contributed by atoms with Gasteiger partial charge in [-0.1, -0.05) is 42.8 Å². The van der Waals surface area contributed by atoms with Gasteiger partial charge in [0.1, 0.15) is 5.69 Å². The van der Waals surface area contributed by atoms with Crippen molar-refractivity contribution in [1.82, 2.24) is 10.3 Å². The standard InChI is InChI=1S/C20H21N3O2/c1-3-12-21-20(25)18-17(15-6-4-5-7-16(15)22-18)23-19(24)14-10-8-13(2)9-11-14/h4-11,22H,3,12H2,1-2H3,(H,21,25)(H,23,24). The fraction of sp³-hybridized carbons (Fsp3) is 0.200. The molecule has 128 valence electrons. The molecule has 3 aromatic rings. The number of H-pyrrole nitrogens is 1. The Bertz CT molecular complexity index is 910. The van der Waals surface area contributed by atoms with E-state index in [1.807, 2.05) is 50.2 Å². The Morgan fingerprint density at radius 1 is 1.00 bits per heavy atom. The van der Waals surface area contributed by atoms with Gasteiger partial charge in [-0.3, -0.25) is 9.59 Å². The highest BCUT2D eigenvalue weighted by Gasteiger charge is 2.19. The van der Waals surface area contributed by atoms with E-state index in [4.69, 9.17) is 0 Å². The summed E-state index contributed by atoms with van der Waals surface area (Å²) in [5.74, 6) is -0.466. The van der Waals surface area contributed by atoms with Gasteiger partial charge in [0.2, 0.25) is 0 Å². The van der Waals surface area contributed by atoms with E-state index in [0.29, 0.717) is 23.5 Å². The van der Waals surface area contributed by atoms with Crippen LogP contribution in [0.1, 0.15) is 39.8 Å². The second-order valence-corrected chi connectivity index (χ2v) is 6.00. The fourth-order valence-corrected chi connectivity index (χ4v) is 2.66. The van der Waals surface area contributed by atoms with Crippen LogP contribution in [-0.2, 0) is 0 Å². The van der Waals surface area contributed by atoms with Crippen LogP contribution >= 0.6 is 0 Å². The zero-order chi connectivity index (χ0) is 17.8. The van der Waals surface area contributed by atoms with Gasteiger partial charge in [0, 0.05) is 23.0 Å². The third-order valence-electron chi connectivity index (χ3n) is 4.02. The van der Waals surface area contributed by atoms with Crippen molar-refractivity contribution in [1.29, 1.82) is 0 Å². The molecule has 0 spiro atoms. The van der Waals surface area contributed by atoms with Crippen LogP contribution in [0.3, 0.4) is 0 Å². The van der Waals surface area contributed by atoms with E-state index >= 15 is 0 Å². The van der Waals surface area contributed by atoms with Crippen LogP contribution in [0, 0.1) is 6.92 Å². The highest BCUT2D eigenvalue weighted by molar-refractivity contribution is 6.15. The number of carbonyl (C=O) groups is 2. The fourth-order valence-electron chi connectivity index (χ4n) is 2.66. The Balaban J connectivity index is 1.97. The Labute approximate surface area is 146 Å². The second-order valence-electron chi connectivity index (χ2n) is 6.00. The molecular formula is C20H21N3O2. The van der Waals surface area contributed by atoms with Gasteiger partial charge in [0.05, 0.1) is 5.69 Å². The van der Waals surface area contributed by atoms with Crippen LogP contribution < -0.4 is 10.6 Å². The van der Waals surface area contributed by atoms with Gasteiger partial charge in [0.25, 0.3) is 11.8 Å². The molecule has 0 fully saturated rings. The molecule has 3 N–H and O–H groups in total. The quantitative estimate of drug-likeness (QED) is 0.662. The van der Waals surface area contributed by atoms with Crippen LogP contribution in [0.5, 0.6) is 0 Å². The average molecular weight is 335 g/mol. The van der Waals surface area contributed by atoms with Gasteiger partial charge in [-0.15, -0.1) is 0 Å². The van der Waals surface area contributed by atoms with Crippen molar-refractivity contribution in [3.63, 3.8) is 0 Å². The normalized spacial score (nSPS) is 10.6. The van der Waals surface area contributed by atoms with Crippen LogP contribution in [0.25, 0.3) is 10.9 Å². The number of aryl methyl sites for hydroxylation is 1. The zero-order valence-electron chi connectivity index (χ0n) is 14.3. The smallest absolute Gasteiger partial charge is 0.269 e. The molecule has 1 aromatic heterocycles. The van der Waals surface area contributed by atoms with Crippen LogP contribution in [-0.4, -0.2) is 23.3 Å². The lowest BCUT2D eigenvalue weighted by Crippen LogP contribution is -2.26. The van der Waals surface area contributed by atoms with Crippen molar-refractivity contribution in [3.8, 4) is 0 Å². The Morgan fingerprint density at radius 3 is 2.44 bits per heavy atom. The van der Waals surface area contributed by atoms with E-state index in [0.717, 1.165) is 22.9 Å². The number of amides is 2. The number of hydrogen-bond acceptors (Lipinski definition) is 2. The summed E-state index contributed by atoms with van der Waals surface area (Å²) >= 11 is 0. The highest BCUT2D eigenvalue weighted by Crippen LogP contribution is 2.28. The van der Waals surface area contributed by atoms with Crippen LogP contribution in [0.2, 0.25) is 0 Å². The number of benzene rings is 2. The van der Waals surface area contributed by atoms with Gasteiger partial charge >= 0.3 is 0 Å². The number of aromatic nitrogens is 1. The molecule has 0 saturated carbocycles. The van der Waals surface area contributed by atoms with Gasteiger partial charge < -0.3 is 15.6 Å². The summed E-state index contributed by atoms with van der Waals surface area (Å²) in [6.07, 6.45) is 0.844. The third-order valence-corrected chi connectivity index (χ3v) is 4.02. The first-order chi connectivity index (χ1) is 12.1. The van der Waals surface area contributed by atoms with Crippen molar-refractivity contribution in [2.24, 2.45) is 0 Å². The lowest BCUT2D eigenvalue weighted by molar-refractivity contribution is 0.0950. The summed E-state index contributed by atoms with van der Waals surface area (Å²) in [4.78, 5) is 28.2. The number of rotatable bonds is 5. The molecular weight excluding hydrogens is 314 g/mol. The van der Waals surface area contributed by atoms with Crippen LogP contribution in [0.15, 0.2) is 48.5 Å². The first-order valence-electron chi connectivity index (χ1n) is 8.37. The summed E-state index contributed by atoms with van der Waals surface area (Å²) in [6, 6.07) is 14.9. The van der Waals surface area contributed by atoms with Crippen molar-refractivity contribution >= 4 is 28.4 Å². The molecule has 2 amide bonds.